The van der Waals surface area contributed by atoms with E-state index >= 15 is 0 Å². The van der Waals surface area contributed by atoms with Crippen LogP contribution in [0.15, 0.2) is 48.7 Å². The number of nitriles is 1. The predicted molar refractivity (Wildman–Crippen MR) is 112 cm³/mol. The van der Waals surface area contributed by atoms with Crippen LogP contribution >= 0.6 is 0 Å². The number of nitro groups is 1. The Morgan fingerprint density at radius 3 is 2.57 bits per heavy atom. The lowest BCUT2D eigenvalue weighted by atomic mass is 10.1. The number of carbonyl (C=O) groups excluding carboxylic acids is 1. The smallest absolute Gasteiger partial charge is 0.270 e. The molecule has 0 unspecified atom stereocenters. The van der Waals surface area contributed by atoms with Gasteiger partial charge in [0.25, 0.3) is 11.6 Å². The zero-order valence-electron chi connectivity index (χ0n) is 16.6. The van der Waals surface area contributed by atoms with Gasteiger partial charge in [-0.3, -0.25) is 19.5 Å². The summed E-state index contributed by atoms with van der Waals surface area (Å²) in [5, 5.41) is 21.5. The molecule has 0 amide bonds. The highest BCUT2D eigenvalue weighted by atomic mass is 16.6. The molecule has 2 aromatic carbocycles. The van der Waals surface area contributed by atoms with Crippen LogP contribution in [0.4, 0.5) is 11.4 Å². The van der Waals surface area contributed by atoms with Crippen molar-refractivity contribution in [2.45, 2.75) is 26.1 Å². The van der Waals surface area contributed by atoms with E-state index in [2.05, 4.69) is 6.07 Å². The number of hydrogen-bond donors (Lipinski definition) is 0. The van der Waals surface area contributed by atoms with Gasteiger partial charge in [-0.2, -0.15) is 5.26 Å². The monoisotopic (exact) mass is 404 g/mol. The standard InChI is InChI=1S/C22H20N4O4/c1-14-11-24(12-15(2)30-14)20-8-7-17(26(28)29)9-19(20)22(27)25-13-16(10-23)18-5-3-4-6-21(18)25/h3-9,13-15H,11-12H2,1-2H3/t14-,15-/m1/s1. The van der Waals surface area contributed by atoms with Crippen LogP contribution in [-0.4, -0.2) is 40.7 Å². The first-order valence-corrected chi connectivity index (χ1v) is 9.62. The quantitative estimate of drug-likeness (QED) is 0.487. The Labute approximate surface area is 173 Å². The Morgan fingerprint density at radius 2 is 1.90 bits per heavy atom. The average molecular weight is 404 g/mol. The van der Waals surface area contributed by atoms with Gasteiger partial charge in [-0.25, -0.2) is 0 Å². The summed E-state index contributed by atoms with van der Waals surface area (Å²) in [7, 11) is 0. The van der Waals surface area contributed by atoms with Crippen LogP contribution in [0.25, 0.3) is 10.9 Å². The zero-order chi connectivity index (χ0) is 21.4. The molecule has 0 N–H and O–H groups in total. The first-order valence-electron chi connectivity index (χ1n) is 9.62. The predicted octanol–water partition coefficient (Wildman–Crippen LogP) is 3.72. The molecule has 30 heavy (non-hydrogen) atoms. The molecule has 2 heterocycles. The molecule has 1 aliphatic rings. The highest BCUT2D eigenvalue weighted by molar-refractivity contribution is 6.07. The number of anilines is 1. The lowest BCUT2D eigenvalue weighted by Gasteiger charge is -2.37. The number of fused-ring (bicyclic) bond motifs is 1. The van der Waals surface area contributed by atoms with E-state index in [1.54, 1.807) is 30.3 Å². The fourth-order valence-electron chi connectivity index (χ4n) is 4.03. The van der Waals surface area contributed by atoms with Crippen LogP contribution in [0.3, 0.4) is 0 Å². The normalized spacial score (nSPS) is 18.9. The minimum atomic E-state index is -0.514. The Hall–Kier alpha value is -3.70. The molecular weight excluding hydrogens is 384 g/mol. The number of carbonyl (C=O) groups is 1. The van der Waals surface area contributed by atoms with Crippen molar-refractivity contribution in [3.05, 3.63) is 69.9 Å². The number of para-hydroxylation sites is 1. The van der Waals surface area contributed by atoms with Crippen LogP contribution in [0.1, 0.15) is 29.8 Å². The van der Waals surface area contributed by atoms with Crippen LogP contribution in [-0.2, 0) is 4.74 Å². The van der Waals surface area contributed by atoms with E-state index in [4.69, 9.17) is 4.74 Å². The number of ether oxygens (including phenoxy) is 1. The lowest BCUT2D eigenvalue weighted by molar-refractivity contribution is -0.384. The molecule has 1 aromatic heterocycles. The summed E-state index contributed by atoms with van der Waals surface area (Å²) in [4.78, 5) is 26.4. The summed E-state index contributed by atoms with van der Waals surface area (Å²) in [5.74, 6) is -0.418. The number of rotatable bonds is 3. The topological polar surface area (TPSA) is 101 Å². The van der Waals surface area contributed by atoms with Gasteiger partial charge in [-0.1, -0.05) is 18.2 Å². The van der Waals surface area contributed by atoms with Crippen molar-refractivity contribution in [1.29, 1.82) is 5.26 Å². The van der Waals surface area contributed by atoms with Crippen molar-refractivity contribution < 1.29 is 14.5 Å². The first-order chi connectivity index (χ1) is 14.4. The molecule has 0 aliphatic carbocycles. The molecule has 3 aromatic rings. The SMILES string of the molecule is C[C@@H]1CN(c2ccc([N+](=O)[O-])cc2C(=O)n2cc(C#N)c3ccccc32)C[C@@H](C)O1. The summed E-state index contributed by atoms with van der Waals surface area (Å²) in [6.45, 7) is 5.04. The van der Waals surface area contributed by atoms with Crippen molar-refractivity contribution in [2.24, 2.45) is 0 Å². The minimum Gasteiger partial charge on any atom is -0.372 e. The Kier molecular flexibility index (Phi) is 4.98. The summed E-state index contributed by atoms with van der Waals surface area (Å²) >= 11 is 0. The fraction of sp³-hybridized carbons (Fsp3) is 0.273. The Balaban J connectivity index is 1.87. The fourth-order valence-corrected chi connectivity index (χ4v) is 4.03. The van der Waals surface area contributed by atoms with Gasteiger partial charge in [-0.05, 0) is 26.0 Å². The second-order valence-corrected chi connectivity index (χ2v) is 7.47. The Morgan fingerprint density at radius 1 is 1.20 bits per heavy atom. The van der Waals surface area contributed by atoms with E-state index in [0.29, 0.717) is 35.2 Å². The summed E-state index contributed by atoms with van der Waals surface area (Å²) in [6.07, 6.45) is 1.41. The highest BCUT2D eigenvalue weighted by Gasteiger charge is 2.28. The molecule has 152 valence electrons. The van der Waals surface area contributed by atoms with E-state index in [1.807, 2.05) is 18.7 Å². The van der Waals surface area contributed by atoms with Gasteiger partial charge in [0.1, 0.15) is 6.07 Å². The van der Waals surface area contributed by atoms with Crippen LogP contribution in [0.2, 0.25) is 0 Å². The number of aromatic nitrogens is 1. The number of non-ortho nitro benzene ring substituents is 1. The zero-order valence-corrected chi connectivity index (χ0v) is 16.6. The second kappa shape index (κ2) is 7.61. The third kappa shape index (κ3) is 3.40. The third-order valence-corrected chi connectivity index (χ3v) is 5.23. The number of morpholine rings is 1. The molecule has 1 fully saturated rings. The van der Waals surface area contributed by atoms with Crippen molar-refractivity contribution in [3.8, 4) is 6.07 Å². The summed E-state index contributed by atoms with van der Waals surface area (Å²) < 4.78 is 7.18. The van der Waals surface area contributed by atoms with Gasteiger partial charge in [0.15, 0.2) is 0 Å². The van der Waals surface area contributed by atoms with Gasteiger partial charge >= 0.3 is 0 Å². The number of nitrogens with zero attached hydrogens (tertiary/aromatic N) is 4. The van der Waals surface area contributed by atoms with Gasteiger partial charge in [0.2, 0.25) is 0 Å². The van der Waals surface area contributed by atoms with Crippen molar-refractivity contribution in [1.82, 2.24) is 4.57 Å². The van der Waals surface area contributed by atoms with Gasteiger partial charge in [-0.15, -0.1) is 0 Å². The third-order valence-electron chi connectivity index (χ3n) is 5.23. The number of hydrogen-bond acceptors (Lipinski definition) is 6. The van der Waals surface area contributed by atoms with Crippen molar-refractivity contribution in [3.63, 3.8) is 0 Å². The van der Waals surface area contributed by atoms with Crippen molar-refractivity contribution >= 4 is 28.2 Å². The molecule has 8 nitrogen and oxygen atoms in total. The minimum absolute atomic E-state index is 0.0375. The van der Waals surface area contributed by atoms with Gasteiger partial charge in [0.05, 0.1) is 39.5 Å². The van der Waals surface area contributed by atoms with Gasteiger partial charge in [0, 0.05) is 36.8 Å². The average Bonchev–Trinajstić information content (AvgIpc) is 3.11. The van der Waals surface area contributed by atoms with E-state index < -0.39 is 10.8 Å². The highest BCUT2D eigenvalue weighted by Crippen LogP contribution is 2.30. The molecule has 2 atom stereocenters. The number of benzene rings is 2. The van der Waals surface area contributed by atoms with Crippen LogP contribution < -0.4 is 4.90 Å². The van der Waals surface area contributed by atoms with E-state index in [-0.39, 0.29) is 23.5 Å². The summed E-state index contributed by atoms with van der Waals surface area (Å²) in [6, 6.07) is 13.6. The summed E-state index contributed by atoms with van der Waals surface area (Å²) in [5.41, 5.74) is 1.63. The van der Waals surface area contributed by atoms with Crippen LogP contribution in [0.5, 0.6) is 0 Å². The molecule has 8 heteroatoms. The van der Waals surface area contributed by atoms with E-state index in [1.165, 1.54) is 22.9 Å². The second-order valence-electron chi connectivity index (χ2n) is 7.47. The van der Waals surface area contributed by atoms with E-state index in [0.717, 1.165) is 0 Å². The molecule has 0 spiro atoms. The largest absolute Gasteiger partial charge is 0.372 e. The molecule has 0 saturated carbocycles. The van der Waals surface area contributed by atoms with Crippen molar-refractivity contribution in [2.75, 3.05) is 18.0 Å². The maximum atomic E-state index is 13.6. The maximum Gasteiger partial charge on any atom is 0.270 e. The lowest BCUT2D eigenvalue weighted by Crippen LogP contribution is -2.46. The van der Waals surface area contributed by atoms with Gasteiger partial charge < -0.3 is 9.64 Å². The van der Waals surface area contributed by atoms with Crippen LogP contribution in [0, 0.1) is 21.4 Å². The molecular formula is C22H20N4O4. The Bertz CT molecular complexity index is 1180. The number of nitro benzene ring substituents is 1. The molecule has 0 radical (unpaired) electrons. The molecule has 1 saturated heterocycles. The molecule has 0 bridgehead atoms. The first kappa shape index (κ1) is 19.6. The molecule has 1 aliphatic heterocycles. The van der Waals surface area contributed by atoms with E-state index in [9.17, 15) is 20.2 Å². The maximum absolute atomic E-state index is 13.6. The molecule has 4 rings (SSSR count).